The Bertz CT molecular complexity index is 900. The summed E-state index contributed by atoms with van der Waals surface area (Å²) in [6.07, 6.45) is -0.347. The molecule has 2 amide bonds. The Morgan fingerprint density at radius 2 is 1.52 bits per heavy atom. The molecule has 0 saturated carbocycles. The molecule has 1 N–H and O–H groups in total. The zero-order chi connectivity index (χ0) is 19.9. The maximum atomic E-state index is 13.4. The van der Waals surface area contributed by atoms with Crippen molar-refractivity contribution in [1.82, 2.24) is 0 Å². The second-order valence-electron chi connectivity index (χ2n) is 7.43. The number of carbonyl (C=O) groups excluding carboxylic acids is 1. The van der Waals surface area contributed by atoms with Gasteiger partial charge in [-0.25, -0.2) is 4.79 Å². The molecule has 1 aliphatic heterocycles. The molecule has 0 aromatic heterocycles. The molecule has 142 valence electrons. The molecule has 1 atom stereocenters. The molecule has 27 heavy (non-hydrogen) atoms. The van der Waals surface area contributed by atoms with Crippen LogP contribution in [0.1, 0.15) is 46.0 Å². The van der Waals surface area contributed by atoms with E-state index in [0.29, 0.717) is 29.9 Å². The van der Waals surface area contributed by atoms with Crippen molar-refractivity contribution < 1.29 is 14.7 Å². The third kappa shape index (κ3) is 3.42. The number of carbonyl (C=O) groups is 2. The molecule has 3 rings (SSSR count). The minimum atomic E-state index is -0.982. The lowest BCUT2D eigenvalue weighted by Crippen LogP contribution is -2.52. The van der Waals surface area contributed by atoms with Gasteiger partial charge in [0.2, 0.25) is 0 Å². The van der Waals surface area contributed by atoms with Crippen LogP contribution in [0.4, 0.5) is 16.2 Å². The molecular formula is C22H26N2O3. The molecule has 0 bridgehead atoms. The van der Waals surface area contributed by atoms with Gasteiger partial charge in [-0.15, -0.1) is 0 Å². The average molecular weight is 366 g/mol. The summed E-state index contributed by atoms with van der Waals surface area (Å²) in [5, 5.41) is 9.78. The van der Waals surface area contributed by atoms with E-state index in [1.807, 2.05) is 65.0 Å². The predicted octanol–water partition coefficient (Wildman–Crippen LogP) is 4.84. The highest BCUT2D eigenvalue weighted by Crippen LogP contribution is 2.39. The molecule has 2 aromatic carbocycles. The van der Waals surface area contributed by atoms with Gasteiger partial charge in [-0.1, -0.05) is 24.1 Å². The summed E-state index contributed by atoms with van der Waals surface area (Å²) in [5.74, 6) is -0.0882. The van der Waals surface area contributed by atoms with Gasteiger partial charge in [-0.05, 0) is 69.5 Å². The fourth-order valence-corrected chi connectivity index (χ4v) is 3.80. The summed E-state index contributed by atoms with van der Waals surface area (Å²) in [4.78, 5) is 28.5. The largest absolute Gasteiger partial charge is 0.465 e. The number of fused-ring (bicyclic) bond motifs is 1. The summed E-state index contributed by atoms with van der Waals surface area (Å²) >= 11 is 0. The van der Waals surface area contributed by atoms with E-state index in [1.165, 1.54) is 4.90 Å². The Hall–Kier alpha value is -2.82. The van der Waals surface area contributed by atoms with Gasteiger partial charge in [-0.3, -0.25) is 9.69 Å². The van der Waals surface area contributed by atoms with Crippen molar-refractivity contribution in [3.63, 3.8) is 0 Å². The van der Waals surface area contributed by atoms with Crippen molar-refractivity contribution in [3.05, 3.63) is 58.1 Å². The topological polar surface area (TPSA) is 60.9 Å². The molecule has 5 nitrogen and oxygen atoms in total. The van der Waals surface area contributed by atoms with Crippen LogP contribution in [0.5, 0.6) is 0 Å². The van der Waals surface area contributed by atoms with Gasteiger partial charge in [-0.2, -0.15) is 0 Å². The van der Waals surface area contributed by atoms with Gasteiger partial charge in [0.15, 0.2) is 0 Å². The standard InChI is InChI=1S/C22H26N2O3/c1-6-18-12-23(21(25)17-8-13(2)7-14(3)9-17)19-10-15(4)16(5)11-20(19)24(18)22(26)27/h7-11,18H,6,12H2,1-5H3,(H,26,27). The van der Waals surface area contributed by atoms with Gasteiger partial charge in [0.1, 0.15) is 0 Å². The Morgan fingerprint density at radius 3 is 2.04 bits per heavy atom. The lowest BCUT2D eigenvalue weighted by molar-refractivity contribution is 0.0982. The molecule has 1 unspecified atom stereocenters. The zero-order valence-corrected chi connectivity index (χ0v) is 16.5. The van der Waals surface area contributed by atoms with Crippen LogP contribution in [-0.4, -0.2) is 29.7 Å². The first kappa shape index (κ1) is 19.0. The van der Waals surface area contributed by atoms with Crippen LogP contribution in [0.25, 0.3) is 0 Å². The van der Waals surface area contributed by atoms with Crippen LogP contribution in [0.15, 0.2) is 30.3 Å². The Kier molecular flexibility index (Phi) is 4.96. The number of carboxylic acid groups (broad SMARTS) is 1. The maximum Gasteiger partial charge on any atom is 0.412 e. The number of aryl methyl sites for hydroxylation is 4. The number of hydrogen-bond acceptors (Lipinski definition) is 2. The van der Waals surface area contributed by atoms with Gasteiger partial charge < -0.3 is 10.0 Å². The third-order valence-electron chi connectivity index (χ3n) is 5.29. The number of anilines is 2. The molecule has 2 aromatic rings. The van der Waals surface area contributed by atoms with E-state index in [4.69, 9.17) is 0 Å². The lowest BCUT2D eigenvalue weighted by Gasteiger charge is -2.41. The van der Waals surface area contributed by atoms with Crippen molar-refractivity contribution >= 4 is 23.4 Å². The molecular weight excluding hydrogens is 340 g/mol. The summed E-state index contributed by atoms with van der Waals surface area (Å²) in [6.45, 7) is 10.2. The van der Waals surface area contributed by atoms with Gasteiger partial charge in [0.05, 0.1) is 17.4 Å². The van der Waals surface area contributed by atoms with E-state index in [2.05, 4.69) is 0 Å². The smallest absolute Gasteiger partial charge is 0.412 e. The molecule has 0 fully saturated rings. The van der Waals surface area contributed by atoms with E-state index < -0.39 is 6.09 Å². The van der Waals surface area contributed by atoms with Gasteiger partial charge >= 0.3 is 6.09 Å². The normalized spacial score (nSPS) is 16.3. The Balaban J connectivity index is 2.16. The molecule has 1 heterocycles. The van der Waals surface area contributed by atoms with Crippen LogP contribution in [0.3, 0.4) is 0 Å². The quantitative estimate of drug-likeness (QED) is 0.827. The van der Waals surface area contributed by atoms with Gasteiger partial charge in [0, 0.05) is 12.1 Å². The van der Waals surface area contributed by atoms with E-state index in [-0.39, 0.29) is 11.9 Å². The number of rotatable bonds is 2. The number of hydrogen-bond donors (Lipinski definition) is 1. The Morgan fingerprint density at radius 1 is 0.963 bits per heavy atom. The van der Waals surface area contributed by atoms with Crippen molar-refractivity contribution in [3.8, 4) is 0 Å². The zero-order valence-electron chi connectivity index (χ0n) is 16.5. The number of benzene rings is 2. The van der Waals surface area contributed by atoms with Crippen molar-refractivity contribution in [1.29, 1.82) is 0 Å². The second kappa shape index (κ2) is 7.06. The van der Waals surface area contributed by atoms with Crippen molar-refractivity contribution in [2.45, 2.75) is 47.1 Å². The van der Waals surface area contributed by atoms with Crippen LogP contribution < -0.4 is 9.80 Å². The molecule has 0 spiro atoms. The monoisotopic (exact) mass is 366 g/mol. The molecule has 0 aliphatic carbocycles. The maximum absolute atomic E-state index is 13.4. The SMILES string of the molecule is CCC1CN(C(=O)c2cc(C)cc(C)c2)c2cc(C)c(C)cc2N1C(=O)O. The predicted molar refractivity (Wildman–Crippen MR) is 108 cm³/mol. The highest BCUT2D eigenvalue weighted by atomic mass is 16.4. The first-order valence-electron chi connectivity index (χ1n) is 9.26. The fourth-order valence-electron chi connectivity index (χ4n) is 3.80. The molecule has 5 heteroatoms. The van der Waals surface area contributed by atoms with Crippen molar-refractivity contribution in [2.75, 3.05) is 16.3 Å². The number of nitrogens with zero attached hydrogens (tertiary/aromatic N) is 2. The minimum Gasteiger partial charge on any atom is -0.465 e. The molecule has 0 saturated heterocycles. The van der Waals surface area contributed by atoms with Crippen LogP contribution >= 0.6 is 0 Å². The lowest BCUT2D eigenvalue weighted by atomic mass is 9.99. The summed E-state index contributed by atoms with van der Waals surface area (Å²) in [5.41, 5.74) is 6.00. The highest BCUT2D eigenvalue weighted by molar-refractivity contribution is 6.10. The first-order valence-corrected chi connectivity index (χ1v) is 9.26. The average Bonchev–Trinajstić information content (AvgIpc) is 2.59. The van der Waals surface area contributed by atoms with Crippen LogP contribution in [0, 0.1) is 27.7 Å². The molecule has 0 radical (unpaired) electrons. The van der Waals surface area contributed by atoms with E-state index in [0.717, 1.165) is 22.3 Å². The second-order valence-corrected chi connectivity index (χ2v) is 7.43. The highest BCUT2D eigenvalue weighted by Gasteiger charge is 2.37. The van der Waals surface area contributed by atoms with E-state index in [9.17, 15) is 14.7 Å². The summed E-state index contributed by atoms with van der Waals surface area (Å²) in [7, 11) is 0. The molecule has 1 aliphatic rings. The summed E-state index contributed by atoms with van der Waals surface area (Å²) < 4.78 is 0. The van der Waals surface area contributed by atoms with Gasteiger partial charge in [0.25, 0.3) is 5.91 Å². The van der Waals surface area contributed by atoms with Crippen molar-refractivity contribution in [2.24, 2.45) is 0 Å². The van der Waals surface area contributed by atoms with E-state index in [1.54, 1.807) is 4.90 Å². The third-order valence-corrected chi connectivity index (χ3v) is 5.29. The fraction of sp³-hybridized carbons (Fsp3) is 0.364. The summed E-state index contributed by atoms with van der Waals surface area (Å²) in [6, 6.07) is 9.35. The number of amides is 2. The Labute approximate surface area is 160 Å². The van der Waals surface area contributed by atoms with Crippen LogP contribution in [-0.2, 0) is 0 Å². The van der Waals surface area contributed by atoms with E-state index >= 15 is 0 Å². The first-order chi connectivity index (χ1) is 12.7. The van der Waals surface area contributed by atoms with Crippen LogP contribution in [0.2, 0.25) is 0 Å². The minimum absolute atomic E-state index is 0.0882.